The molecule has 1 unspecified atom stereocenters. The molecule has 0 bridgehead atoms. The van der Waals surface area contributed by atoms with E-state index in [1.807, 2.05) is 0 Å². The molecule has 6 heteroatoms. The Kier molecular flexibility index (Phi) is 3.79. The molecule has 0 amide bonds. The lowest BCUT2D eigenvalue weighted by atomic mass is 10.2. The topological polar surface area (TPSA) is 111 Å². The number of hydrogen-bond acceptors (Lipinski definition) is 4. The average Bonchev–Trinajstić information content (AvgIpc) is 1.87. The molecule has 0 fully saturated rings. The first-order valence-corrected chi connectivity index (χ1v) is 2.89. The highest BCUT2D eigenvalue weighted by Crippen LogP contribution is 2.01. The van der Waals surface area contributed by atoms with Crippen molar-refractivity contribution in [3.05, 3.63) is 0 Å². The van der Waals surface area contributed by atoms with Crippen LogP contribution in [0, 0.1) is 5.53 Å². The summed E-state index contributed by atoms with van der Waals surface area (Å²) in [4.78, 5) is 20.1. The maximum absolute atomic E-state index is 10.1. The summed E-state index contributed by atoms with van der Waals surface area (Å²) in [6.45, 7) is 0. The highest BCUT2D eigenvalue weighted by atomic mass is 16.4. The van der Waals surface area contributed by atoms with E-state index < -0.39 is 18.0 Å². The fourth-order valence-electron chi connectivity index (χ4n) is 0.503. The van der Waals surface area contributed by atoms with Crippen molar-refractivity contribution in [1.29, 1.82) is 5.53 Å². The van der Waals surface area contributed by atoms with Gasteiger partial charge >= 0.3 is 11.9 Å². The van der Waals surface area contributed by atoms with Gasteiger partial charge in [0.05, 0.1) is 0 Å². The van der Waals surface area contributed by atoms with Crippen molar-refractivity contribution in [3.63, 3.8) is 0 Å². The molecule has 0 spiro atoms. The molecule has 0 aliphatic carbocycles. The molecule has 0 heterocycles. The minimum atomic E-state index is -1.26. The Hall–Kier alpha value is -1.46. The number of aliphatic carboxylic acids is 2. The third kappa shape index (κ3) is 4.01. The average molecular weight is 160 g/mol. The van der Waals surface area contributed by atoms with Crippen LogP contribution in [-0.4, -0.2) is 28.2 Å². The molecule has 0 radical (unpaired) electrons. The molecule has 0 aliphatic rings. The van der Waals surface area contributed by atoms with E-state index in [1.54, 1.807) is 0 Å². The predicted octanol–water partition coefficient (Wildman–Crippen LogP) is 0.335. The quantitative estimate of drug-likeness (QED) is 0.503. The number of nitrogens with zero attached hydrogens (tertiary/aromatic N) is 1. The van der Waals surface area contributed by atoms with Gasteiger partial charge in [-0.1, -0.05) is 0 Å². The maximum atomic E-state index is 10.1. The van der Waals surface area contributed by atoms with Gasteiger partial charge in [-0.3, -0.25) is 4.79 Å². The molecule has 62 valence electrons. The second-order valence-corrected chi connectivity index (χ2v) is 1.92. The zero-order chi connectivity index (χ0) is 8.85. The Bertz CT molecular complexity index is 179. The summed E-state index contributed by atoms with van der Waals surface area (Å²) in [7, 11) is 0. The van der Waals surface area contributed by atoms with Crippen molar-refractivity contribution < 1.29 is 19.8 Å². The molecule has 0 aromatic heterocycles. The van der Waals surface area contributed by atoms with Gasteiger partial charge in [0, 0.05) is 6.42 Å². The molecule has 0 rings (SSSR count). The van der Waals surface area contributed by atoms with Crippen LogP contribution in [0.2, 0.25) is 0 Å². The van der Waals surface area contributed by atoms with Crippen LogP contribution in [0.4, 0.5) is 0 Å². The molecule has 0 aromatic rings. The van der Waals surface area contributed by atoms with Gasteiger partial charge in [-0.25, -0.2) is 10.3 Å². The number of carbonyl (C=O) groups is 2. The van der Waals surface area contributed by atoms with Crippen molar-refractivity contribution in [2.24, 2.45) is 5.11 Å². The Balaban J connectivity index is 3.79. The predicted molar refractivity (Wildman–Crippen MR) is 33.4 cm³/mol. The van der Waals surface area contributed by atoms with E-state index in [4.69, 9.17) is 15.7 Å². The highest BCUT2D eigenvalue weighted by molar-refractivity contribution is 5.75. The molecular weight excluding hydrogens is 152 g/mol. The van der Waals surface area contributed by atoms with E-state index in [0.29, 0.717) is 0 Å². The van der Waals surface area contributed by atoms with E-state index >= 15 is 0 Å². The number of rotatable bonds is 5. The van der Waals surface area contributed by atoms with Crippen LogP contribution >= 0.6 is 0 Å². The molecule has 11 heavy (non-hydrogen) atoms. The second kappa shape index (κ2) is 4.37. The van der Waals surface area contributed by atoms with Gasteiger partial charge in [-0.15, -0.1) is 0 Å². The SMILES string of the molecule is N=NC(CCC(=O)O)C(=O)O. The minimum Gasteiger partial charge on any atom is -0.481 e. The molecule has 0 saturated carbocycles. The van der Waals surface area contributed by atoms with Crippen LogP contribution in [-0.2, 0) is 9.59 Å². The summed E-state index contributed by atoms with van der Waals surface area (Å²) in [6.07, 6.45) is -0.409. The van der Waals surface area contributed by atoms with Crippen LogP contribution < -0.4 is 0 Å². The van der Waals surface area contributed by atoms with Crippen LogP contribution in [0.3, 0.4) is 0 Å². The summed E-state index contributed by atoms with van der Waals surface area (Å²) < 4.78 is 0. The van der Waals surface area contributed by atoms with Gasteiger partial charge < -0.3 is 10.2 Å². The normalized spacial score (nSPS) is 12.0. The second-order valence-electron chi connectivity index (χ2n) is 1.92. The first-order valence-electron chi connectivity index (χ1n) is 2.89. The molecule has 0 saturated heterocycles. The summed E-state index contributed by atoms with van der Waals surface area (Å²) in [6, 6.07) is -1.22. The molecular formula is C5H8N2O4. The fraction of sp³-hybridized carbons (Fsp3) is 0.600. The smallest absolute Gasteiger partial charge is 0.330 e. The highest BCUT2D eigenvalue weighted by Gasteiger charge is 2.16. The Morgan fingerprint density at radius 3 is 2.27 bits per heavy atom. The van der Waals surface area contributed by atoms with E-state index in [1.165, 1.54) is 0 Å². The number of nitrogens with one attached hydrogen (secondary N) is 1. The Morgan fingerprint density at radius 2 is 2.00 bits per heavy atom. The van der Waals surface area contributed by atoms with Gasteiger partial charge in [0.15, 0.2) is 6.04 Å². The van der Waals surface area contributed by atoms with Gasteiger partial charge in [-0.2, -0.15) is 5.11 Å². The van der Waals surface area contributed by atoms with Gasteiger partial charge in [0.25, 0.3) is 0 Å². The minimum absolute atomic E-state index is 0.131. The third-order valence-electron chi connectivity index (χ3n) is 1.07. The number of hydrogen-bond donors (Lipinski definition) is 3. The molecule has 0 aliphatic heterocycles. The lowest BCUT2D eigenvalue weighted by Gasteiger charge is -2.00. The fourth-order valence-corrected chi connectivity index (χ4v) is 0.503. The van der Waals surface area contributed by atoms with E-state index in [0.717, 1.165) is 0 Å². The van der Waals surface area contributed by atoms with E-state index in [9.17, 15) is 9.59 Å². The largest absolute Gasteiger partial charge is 0.481 e. The lowest BCUT2D eigenvalue weighted by Crippen LogP contribution is -2.18. The number of carboxylic acids is 2. The molecule has 0 aromatic carbocycles. The summed E-state index contributed by atoms with van der Waals surface area (Å²) in [5.41, 5.74) is 6.39. The van der Waals surface area contributed by atoms with Crippen molar-refractivity contribution in [1.82, 2.24) is 0 Å². The lowest BCUT2D eigenvalue weighted by molar-refractivity contribution is -0.139. The van der Waals surface area contributed by atoms with Crippen molar-refractivity contribution in [2.45, 2.75) is 18.9 Å². The van der Waals surface area contributed by atoms with Crippen molar-refractivity contribution in [3.8, 4) is 0 Å². The molecule has 6 nitrogen and oxygen atoms in total. The first kappa shape index (κ1) is 9.54. The van der Waals surface area contributed by atoms with Crippen LogP contribution in [0.5, 0.6) is 0 Å². The maximum Gasteiger partial charge on any atom is 0.330 e. The zero-order valence-electron chi connectivity index (χ0n) is 5.65. The van der Waals surface area contributed by atoms with Crippen LogP contribution in [0.1, 0.15) is 12.8 Å². The van der Waals surface area contributed by atoms with Gasteiger partial charge in [-0.05, 0) is 6.42 Å². The summed E-state index contributed by atoms with van der Waals surface area (Å²) in [5, 5.41) is 19.2. The monoisotopic (exact) mass is 160 g/mol. The van der Waals surface area contributed by atoms with Crippen molar-refractivity contribution >= 4 is 11.9 Å². The third-order valence-corrected chi connectivity index (χ3v) is 1.07. The summed E-state index contributed by atoms with van der Waals surface area (Å²) in [5.74, 6) is -2.35. The van der Waals surface area contributed by atoms with E-state index in [2.05, 4.69) is 5.11 Å². The Morgan fingerprint density at radius 1 is 1.45 bits per heavy atom. The Labute approximate surface area is 62.3 Å². The zero-order valence-corrected chi connectivity index (χ0v) is 5.65. The van der Waals surface area contributed by atoms with Crippen LogP contribution in [0.15, 0.2) is 5.11 Å². The van der Waals surface area contributed by atoms with Crippen LogP contribution in [0.25, 0.3) is 0 Å². The van der Waals surface area contributed by atoms with Gasteiger partial charge in [0.2, 0.25) is 0 Å². The first-order chi connectivity index (χ1) is 5.07. The standard InChI is InChI=1S/C5H8N2O4/c6-7-3(5(10)11)1-2-4(8)9/h3,6H,1-2H2,(H,8,9)(H,10,11). The molecule has 3 N–H and O–H groups in total. The molecule has 1 atom stereocenters. The van der Waals surface area contributed by atoms with Gasteiger partial charge in [0.1, 0.15) is 0 Å². The van der Waals surface area contributed by atoms with Crippen molar-refractivity contribution in [2.75, 3.05) is 0 Å². The summed E-state index contributed by atoms with van der Waals surface area (Å²) >= 11 is 0. The number of carboxylic acid groups (broad SMARTS) is 2. The van der Waals surface area contributed by atoms with E-state index in [-0.39, 0.29) is 12.8 Å².